The monoisotopic (exact) mass is 668 g/mol. The molecule has 2 amide bonds. The van der Waals surface area contributed by atoms with E-state index in [-0.39, 0.29) is 50.7 Å². The average Bonchev–Trinajstić information content (AvgIpc) is 3.74. The highest BCUT2D eigenvalue weighted by atomic mass is 16.5. The first-order chi connectivity index (χ1) is 23.4. The summed E-state index contributed by atoms with van der Waals surface area (Å²) in [4.78, 5) is 27.3. The van der Waals surface area contributed by atoms with E-state index < -0.39 is 36.2 Å². The van der Waals surface area contributed by atoms with Crippen LogP contribution in [0.3, 0.4) is 0 Å². The van der Waals surface area contributed by atoms with Crippen molar-refractivity contribution in [2.24, 2.45) is 0 Å². The lowest BCUT2D eigenvalue weighted by Gasteiger charge is -2.31. The first kappa shape index (κ1) is 37.4. The Morgan fingerprint density at radius 3 is 1.50 bits per heavy atom. The summed E-state index contributed by atoms with van der Waals surface area (Å²) in [6.07, 6.45) is -2.95. The third kappa shape index (κ3) is 11.9. The first-order valence-corrected chi connectivity index (χ1v) is 16.3. The number of hydrogen-bond acceptors (Lipinski definition) is 10. The molecular formula is C36H48N2O10. The van der Waals surface area contributed by atoms with Gasteiger partial charge < -0.3 is 49.3 Å². The Kier molecular flexibility index (Phi) is 15.7. The van der Waals surface area contributed by atoms with Crippen molar-refractivity contribution < 1.29 is 48.2 Å². The molecule has 2 aromatic rings. The van der Waals surface area contributed by atoms with E-state index in [1.54, 1.807) is 12.2 Å². The molecule has 48 heavy (non-hydrogen) atoms. The molecule has 262 valence electrons. The van der Waals surface area contributed by atoms with E-state index in [0.29, 0.717) is 39.3 Å². The summed E-state index contributed by atoms with van der Waals surface area (Å²) in [6, 6.07) is 17.5. The topological polar surface area (TPSA) is 154 Å². The fourth-order valence-corrected chi connectivity index (χ4v) is 5.51. The number of aliphatic hydroxyl groups is 2. The summed E-state index contributed by atoms with van der Waals surface area (Å²) in [5, 5.41) is 28.8. The van der Waals surface area contributed by atoms with Crippen LogP contribution in [0.1, 0.15) is 24.0 Å². The molecule has 0 spiro atoms. The molecule has 0 aliphatic carbocycles. The molecule has 0 radical (unpaired) electrons. The van der Waals surface area contributed by atoms with Crippen LogP contribution in [0, 0.1) is 0 Å². The van der Waals surface area contributed by atoms with E-state index >= 15 is 0 Å². The molecule has 4 rings (SSSR count). The van der Waals surface area contributed by atoms with Crippen molar-refractivity contribution in [1.82, 2.24) is 10.6 Å². The molecule has 0 aromatic heterocycles. The lowest BCUT2D eigenvalue weighted by Crippen LogP contribution is -2.57. The summed E-state index contributed by atoms with van der Waals surface area (Å²) >= 11 is 0. The van der Waals surface area contributed by atoms with Gasteiger partial charge in [0.05, 0.1) is 77.1 Å². The van der Waals surface area contributed by atoms with Crippen LogP contribution >= 0.6 is 0 Å². The van der Waals surface area contributed by atoms with Gasteiger partial charge in [-0.25, -0.2) is 0 Å². The molecule has 2 fully saturated rings. The number of carbonyl (C=O) groups is 2. The van der Waals surface area contributed by atoms with Gasteiger partial charge in [-0.05, 0) is 24.0 Å². The maximum Gasteiger partial charge on any atom is 0.252 e. The zero-order valence-corrected chi connectivity index (χ0v) is 27.2. The number of rotatable bonds is 21. The summed E-state index contributed by atoms with van der Waals surface area (Å²) in [7, 11) is 0. The molecular weight excluding hydrogens is 620 g/mol. The smallest absolute Gasteiger partial charge is 0.252 e. The number of hydrogen-bond donors (Lipinski definition) is 4. The zero-order valence-electron chi connectivity index (χ0n) is 27.2. The van der Waals surface area contributed by atoms with Gasteiger partial charge in [-0.2, -0.15) is 0 Å². The van der Waals surface area contributed by atoms with Crippen LogP contribution in [0.5, 0.6) is 0 Å². The Balaban J connectivity index is 1.46. The standard InChI is InChI=1S/C36H48N2O10/c1-3-15-43-23-29-17-27(21-45-29)37-35(41)33(47-19-25-11-7-5-8-12-25)31(39)32(40)34(48-20-26-13-9-6-10-14-26)36(42)38-28-18-30(46-22-28)24-44-16-4-2/h3-14,27-34,39-40H,1-2,15-24H2,(H,37,41)(H,38,42)/t27-,28?,29-,30-,31+,32+,33+,34+/m0/s1. The van der Waals surface area contributed by atoms with E-state index in [4.69, 9.17) is 28.4 Å². The Hall–Kier alpha value is -3.46. The van der Waals surface area contributed by atoms with Gasteiger partial charge in [-0.3, -0.25) is 9.59 Å². The molecule has 4 N–H and O–H groups in total. The third-order valence-electron chi connectivity index (χ3n) is 7.96. The highest BCUT2D eigenvalue weighted by Crippen LogP contribution is 2.20. The predicted octanol–water partition coefficient (Wildman–Crippen LogP) is 1.83. The van der Waals surface area contributed by atoms with Crippen LogP contribution in [-0.2, 0) is 51.2 Å². The van der Waals surface area contributed by atoms with Gasteiger partial charge in [0.15, 0.2) is 12.2 Å². The van der Waals surface area contributed by atoms with Crippen molar-refractivity contribution in [2.45, 2.75) is 74.8 Å². The highest BCUT2D eigenvalue weighted by Gasteiger charge is 2.42. The number of benzene rings is 2. The van der Waals surface area contributed by atoms with Gasteiger partial charge in [-0.1, -0.05) is 72.8 Å². The Labute approximate surface area is 282 Å². The fraction of sp³-hybridized carbons (Fsp3) is 0.500. The van der Waals surface area contributed by atoms with Gasteiger partial charge in [-0.15, -0.1) is 13.2 Å². The molecule has 2 aromatic carbocycles. The molecule has 1 unspecified atom stereocenters. The second-order valence-electron chi connectivity index (χ2n) is 11.9. The van der Waals surface area contributed by atoms with E-state index in [9.17, 15) is 19.8 Å². The first-order valence-electron chi connectivity index (χ1n) is 16.3. The number of amides is 2. The molecule has 0 bridgehead atoms. The Morgan fingerprint density at radius 1 is 0.729 bits per heavy atom. The molecule has 2 aliphatic heterocycles. The summed E-state index contributed by atoms with van der Waals surface area (Å²) < 4.78 is 34.4. The number of ether oxygens (including phenoxy) is 6. The molecule has 2 saturated heterocycles. The minimum absolute atomic E-state index is 0.0294. The molecule has 12 nitrogen and oxygen atoms in total. The van der Waals surface area contributed by atoms with E-state index in [0.717, 1.165) is 11.1 Å². The van der Waals surface area contributed by atoms with Gasteiger partial charge >= 0.3 is 0 Å². The lowest BCUT2D eigenvalue weighted by molar-refractivity contribution is -0.171. The lowest BCUT2D eigenvalue weighted by atomic mass is 10.00. The van der Waals surface area contributed by atoms with Crippen molar-refractivity contribution in [3.63, 3.8) is 0 Å². The van der Waals surface area contributed by atoms with Crippen LogP contribution < -0.4 is 10.6 Å². The van der Waals surface area contributed by atoms with Gasteiger partial charge in [0.2, 0.25) is 0 Å². The minimum atomic E-state index is -1.84. The van der Waals surface area contributed by atoms with Gasteiger partial charge in [0, 0.05) is 0 Å². The van der Waals surface area contributed by atoms with Crippen LogP contribution in [0.2, 0.25) is 0 Å². The Morgan fingerprint density at radius 2 is 1.12 bits per heavy atom. The second-order valence-corrected chi connectivity index (χ2v) is 11.9. The minimum Gasteiger partial charge on any atom is -0.387 e. The fourth-order valence-electron chi connectivity index (χ4n) is 5.51. The van der Waals surface area contributed by atoms with Gasteiger partial charge in [0.25, 0.3) is 11.8 Å². The van der Waals surface area contributed by atoms with Crippen molar-refractivity contribution in [3.05, 3.63) is 97.1 Å². The Bertz CT molecular complexity index is 1170. The van der Waals surface area contributed by atoms with Gasteiger partial charge in [0.1, 0.15) is 12.2 Å². The maximum atomic E-state index is 13.6. The van der Waals surface area contributed by atoms with Crippen LogP contribution in [-0.4, -0.2) is 110 Å². The van der Waals surface area contributed by atoms with Crippen molar-refractivity contribution in [2.75, 3.05) is 39.6 Å². The molecule has 2 aliphatic rings. The summed E-state index contributed by atoms with van der Waals surface area (Å²) in [5.74, 6) is -1.32. The van der Waals surface area contributed by atoms with E-state index in [1.165, 1.54) is 0 Å². The van der Waals surface area contributed by atoms with Crippen molar-refractivity contribution >= 4 is 11.8 Å². The number of carbonyl (C=O) groups excluding carboxylic acids is 2. The largest absolute Gasteiger partial charge is 0.387 e. The van der Waals surface area contributed by atoms with Crippen molar-refractivity contribution in [1.29, 1.82) is 0 Å². The van der Waals surface area contributed by atoms with Crippen LogP contribution in [0.25, 0.3) is 0 Å². The number of nitrogens with one attached hydrogen (secondary N) is 2. The maximum absolute atomic E-state index is 13.6. The third-order valence-corrected chi connectivity index (χ3v) is 7.96. The molecule has 12 heteroatoms. The molecule has 0 saturated carbocycles. The average molecular weight is 669 g/mol. The quantitative estimate of drug-likeness (QED) is 0.115. The zero-order chi connectivity index (χ0) is 34.1. The van der Waals surface area contributed by atoms with Crippen LogP contribution in [0.4, 0.5) is 0 Å². The second kappa shape index (κ2) is 20.1. The summed E-state index contributed by atoms with van der Waals surface area (Å²) in [6.45, 7) is 9.15. The SMILES string of the molecule is C=CCOC[C@@H]1CC(NC(=O)[C@H](OCc2ccccc2)[C@H](O)[C@@H](O)[C@@H](OCc2ccccc2)C(=O)N[C@@H]2CO[C@H](COCC=C)C2)CO1. The summed E-state index contributed by atoms with van der Waals surface area (Å²) in [5.41, 5.74) is 1.51. The predicted molar refractivity (Wildman–Crippen MR) is 177 cm³/mol. The molecule has 8 atom stereocenters. The van der Waals surface area contributed by atoms with E-state index in [1.807, 2.05) is 60.7 Å². The highest BCUT2D eigenvalue weighted by molar-refractivity contribution is 5.84. The molecule has 2 heterocycles. The normalized spacial score (nSPS) is 23.1. The van der Waals surface area contributed by atoms with Crippen LogP contribution in [0.15, 0.2) is 86.0 Å². The van der Waals surface area contributed by atoms with E-state index in [2.05, 4.69) is 23.8 Å². The van der Waals surface area contributed by atoms with Crippen molar-refractivity contribution in [3.8, 4) is 0 Å². The number of aliphatic hydroxyl groups excluding tert-OH is 2.